The van der Waals surface area contributed by atoms with E-state index in [0.29, 0.717) is 22.3 Å². The minimum Gasteiger partial charge on any atom is -0.301 e. The molecule has 0 aliphatic rings. The first-order chi connectivity index (χ1) is 10.7. The van der Waals surface area contributed by atoms with Crippen LogP contribution in [0.3, 0.4) is 0 Å². The molecular formula is C15H17N5OS. The van der Waals surface area contributed by atoms with E-state index in [0.717, 1.165) is 24.0 Å². The Balaban J connectivity index is 1.87. The van der Waals surface area contributed by atoms with Gasteiger partial charge < -0.3 is 5.32 Å². The lowest BCUT2D eigenvalue weighted by Gasteiger charge is -2.00. The monoisotopic (exact) mass is 315 g/mol. The number of anilines is 1. The number of carbonyl (C=O) groups is 1. The number of carbonyl (C=O) groups excluding carboxylic acids is 1. The maximum atomic E-state index is 11.8. The van der Waals surface area contributed by atoms with Crippen LogP contribution in [-0.4, -0.2) is 25.7 Å². The molecule has 0 fully saturated rings. The maximum absolute atomic E-state index is 11.8. The molecule has 0 saturated heterocycles. The van der Waals surface area contributed by atoms with E-state index in [2.05, 4.69) is 27.5 Å². The fraction of sp³-hybridized carbons (Fsp3) is 0.333. The van der Waals surface area contributed by atoms with E-state index >= 15 is 0 Å². The highest BCUT2D eigenvalue weighted by Gasteiger charge is 2.14. The van der Waals surface area contributed by atoms with E-state index in [1.165, 1.54) is 11.3 Å². The quantitative estimate of drug-likeness (QED) is 0.784. The normalized spacial score (nSPS) is 11.0. The number of nitrogens with zero attached hydrogens (tertiary/aromatic N) is 4. The zero-order valence-electron chi connectivity index (χ0n) is 12.5. The van der Waals surface area contributed by atoms with Crippen molar-refractivity contribution in [1.82, 2.24) is 19.8 Å². The summed E-state index contributed by atoms with van der Waals surface area (Å²) in [5.74, 6) is 0.674. The van der Waals surface area contributed by atoms with Crippen LogP contribution in [0.25, 0.3) is 16.3 Å². The molecule has 3 rings (SSSR count). The first kappa shape index (κ1) is 14.6. The number of hydrogen-bond acceptors (Lipinski definition) is 5. The van der Waals surface area contributed by atoms with Gasteiger partial charge in [-0.1, -0.05) is 48.4 Å². The first-order valence-electron chi connectivity index (χ1n) is 7.26. The molecule has 7 heteroatoms. The summed E-state index contributed by atoms with van der Waals surface area (Å²) in [4.78, 5) is 12.4. The Morgan fingerprint density at radius 3 is 3.00 bits per heavy atom. The summed E-state index contributed by atoms with van der Waals surface area (Å²) in [5, 5.41) is 16.1. The minimum atomic E-state index is -0.0103. The van der Waals surface area contributed by atoms with Gasteiger partial charge >= 0.3 is 0 Å². The van der Waals surface area contributed by atoms with Crippen molar-refractivity contribution in [3.05, 3.63) is 29.8 Å². The molecule has 2 heterocycles. The Kier molecular flexibility index (Phi) is 4.15. The highest BCUT2D eigenvalue weighted by atomic mass is 32.1. The number of aromatic nitrogens is 4. The maximum Gasteiger partial charge on any atom is 0.236 e. The number of unbranched alkanes of at least 4 members (excludes halogenated alkanes) is 1. The molecule has 3 aromatic rings. The highest BCUT2D eigenvalue weighted by molar-refractivity contribution is 7.20. The Labute approximate surface area is 132 Å². The van der Waals surface area contributed by atoms with E-state index in [9.17, 15) is 4.79 Å². The van der Waals surface area contributed by atoms with Gasteiger partial charge in [0.2, 0.25) is 16.0 Å². The first-order valence-corrected chi connectivity index (χ1v) is 8.08. The molecule has 1 aromatic carbocycles. The Morgan fingerprint density at radius 1 is 1.36 bits per heavy atom. The van der Waals surface area contributed by atoms with Crippen LogP contribution in [-0.2, 0) is 4.79 Å². The van der Waals surface area contributed by atoms with Crippen LogP contribution in [0.1, 0.15) is 31.7 Å². The van der Waals surface area contributed by atoms with Crippen LogP contribution in [0, 0.1) is 6.92 Å². The van der Waals surface area contributed by atoms with Gasteiger partial charge in [0.25, 0.3) is 0 Å². The third-order valence-electron chi connectivity index (χ3n) is 3.27. The lowest BCUT2D eigenvalue weighted by atomic mass is 10.1. The van der Waals surface area contributed by atoms with Gasteiger partial charge in [0.05, 0.1) is 0 Å². The van der Waals surface area contributed by atoms with Crippen molar-refractivity contribution in [3.63, 3.8) is 0 Å². The van der Waals surface area contributed by atoms with Crippen LogP contribution in [0.15, 0.2) is 24.3 Å². The lowest BCUT2D eigenvalue weighted by molar-refractivity contribution is -0.116. The van der Waals surface area contributed by atoms with Gasteiger partial charge in [0.15, 0.2) is 5.82 Å². The van der Waals surface area contributed by atoms with Crippen molar-refractivity contribution >= 4 is 27.3 Å². The summed E-state index contributed by atoms with van der Waals surface area (Å²) < 4.78 is 1.68. The lowest BCUT2D eigenvalue weighted by Crippen LogP contribution is -2.11. The van der Waals surface area contributed by atoms with E-state index in [1.54, 1.807) is 4.52 Å². The van der Waals surface area contributed by atoms with Crippen molar-refractivity contribution in [3.8, 4) is 11.4 Å². The molecule has 0 aliphatic heterocycles. The van der Waals surface area contributed by atoms with Crippen molar-refractivity contribution in [2.75, 3.05) is 5.32 Å². The third kappa shape index (κ3) is 2.99. The van der Waals surface area contributed by atoms with Crippen molar-refractivity contribution in [1.29, 1.82) is 0 Å². The zero-order valence-corrected chi connectivity index (χ0v) is 13.4. The number of hydrogen-bond donors (Lipinski definition) is 1. The van der Waals surface area contributed by atoms with Crippen LogP contribution in [0.4, 0.5) is 5.13 Å². The largest absolute Gasteiger partial charge is 0.301 e. The summed E-state index contributed by atoms with van der Waals surface area (Å²) in [6.45, 7) is 4.09. The van der Waals surface area contributed by atoms with Crippen LogP contribution < -0.4 is 5.32 Å². The second-order valence-corrected chi connectivity index (χ2v) is 6.10. The van der Waals surface area contributed by atoms with Crippen LogP contribution >= 0.6 is 11.3 Å². The topological polar surface area (TPSA) is 72.2 Å². The second kappa shape index (κ2) is 6.23. The van der Waals surface area contributed by atoms with Gasteiger partial charge in [0.1, 0.15) is 0 Å². The zero-order chi connectivity index (χ0) is 15.5. The van der Waals surface area contributed by atoms with Gasteiger partial charge in [-0.05, 0) is 19.4 Å². The van der Waals surface area contributed by atoms with Crippen molar-refractivity contribution < 1.29 is 4.79 Å². The highest BCUT2D eigenvalue weighted by Crippen LogP contribution is 2.24. The van der Waals surface area contributed by atoms with E-state index < -0.39 is 0 Å². The Hall–Kier alpha value is -2.28. The number of rotatable bonds is 5. The third-order valence-corrected chi connectivity index (χ3v) is 4.09. The van der Waals surface area contributed by atoms with Crippen LogP contribution in [0.2, 0.25) is 0 Å². The molecule has 0 bridgehead atoms. The molecule has 1 amide bonds. The molecule has 0 saturated carbocycles. The molecule has 0 radical (unpaired) electrons. The number of benzene rings is 1. The predicted molar refractivity (Wildman–Crippen MR) is 87.0 cm³/mol. The number of aryl methyl sites for hydroxylation is 1. The number of amides is 1. The SMILES string of the molecule is CCCCC(=O)Nc1nn2c(-c3cccc(C)c3)nnc2s1. The number of nitrogens with one attached hydrogen (secondary N) is 1. The summed E-state index contributed by atoms with van der Waals surface area (Å²) >= 11 is 1.33. The molecule has 0 atom stereocenters. The minimum absolute atomic E-state index is 0.0103. The average molecular weight is 315 g/mol. The molecule has 0 unspecified atom stereocenters. The van der Waals surface area contributed by atoms with E-state index in [1.807, 2.05) is 31.2 Å². The summed E-state index contributed by atoms with van der Waals surface area (Å²) in [6.07, 6.45) is 2.39. The Morgan fingerprint density at radius 2 is 2.23 bits per heavy atom. The predicted octanol–water partition coefficient (Wildman–Crippen LogP) is 3.29. The molecule has 0 spiro atoms. The van der Waals surface area contributed by atoms with Gasteiger partial charge in [-0.3, -0.25) is 4.79 Å². The van der Waals surface area contributed by atoms with Gasteiger partial charge in [-0.2, -0.15) is 4.52 Å². The summed E-state index contributed by atoms with van der Waals surface area (Å²) in [5.41, 5.74) is 2.11. The molecule has 22 heavy (non-hydrogen) atoms. The number of fused-ring (bicyclic) bond motifs is 1. The summed E-state index contributed by atoms with van der Waals surface area (Å²) in [7, 11) is 0. The second-order valence-electron chi connectivity index (χ2n) is 5.15. The van der Waals surface area contributed by atoms with Crippen molar-refractivity contribution in [2.45, 2.75) is 33.1 Å². The van der Waals surface area contributed by atoms with Gasteiger partial charge in [-0.25, -0.2) is 0 Å². The summed E-state index contributed by atoms with van der Waals surface area (Å²) in [6, 6.07) is 8.02. The molecule has 114 valence electrons. The smallest absolute Gasteiger partial charge is 0.236 e. The fourth-order valence-electron chi connectivity index (χ4n) is 2.15. The average Bonchev–Trinajstić information content (AvgIpc) is 3.04. The van der Waals surface area contributed by atoms with E-state index in [4.69, 9.17) is 0 Å². The Bertz CT molecular complexity index is 807. The van der Waals surface area contributed by atoms with Crippen LogP contribution in [0.5, 0.6) is 0 Å². The van der Waals surface area contributed by atoms with Gasteiger partial charge in [0, 0.05) is 12.0 Å². The molecule has 6 nitrogen and oxygen atoms in total. The van der Waals surface area contributed by atoms with Gasteiger partial charge in [-0.15, -0.1) is 15.3 Å². The van der Waals surface area contributed by atoms with Crippen molar-refractivity contribution in [2.24, 2.45) is 0 Å². The molecule has 0 aliphatic carbocycles. The molecular weight excluding hydrogens is 298 g/mol. The molecule has 1 N–H and O–H groups in total. The van der Waals surface area contributed by atoms with E-state index in [-0.39, 0.29) is 5.91 Å². The standard InChI is InChI=1S/C15H17N5OS/c1-3-4-8-12(21)16-14-19-20-13(17-18-15(20)22-14)11-7-5-6-10(2)9-11/h5-7,9H,3-4,8H2,1-2H3,(H,16,19,21). The fourth-order valence-corrected chi connectivity index (χ4v) is 2.91. The molecule has 2 aromatic heterocycles.